The minimum Gasteiger partial charge on any atom is -0.466 e. The van der Waals surface area contributed by atoms with Crippen LogP contribution in [0.25, 0.3) is 0 Å². The first-order valence-electron chi connectivity index (χ1n) is 5.41. The standard InChI is InChI=1S/C11H18O5/c1-4-9(12)8(11(14)16-6-3)7-10(13)15-5-2/h8H,4-7H2,1-3H3. The van der Waals surface area contributed by atoms with Crippen molar-refractivity contribution in [1.82, 2.24) is 0 Å². The molecule has 1 atom stereocenters. The molecule has 0 radical (unpaired) electrons. The van der Waals surface area contributed by atoms with E-state index in [1.165, 1.54) is 0 Å². The predicted octanol–water partition coefficient (Wildman–Crippen LogP) is 1.10. The molecule has 0 spiro atoms. The molecule has 0 N–H and O–H groups in total. The summed E-state index contributed by atoms with van der Waals surface area (Å²) in [6.07, 6.45) is -0.0395. The van der Waals surface area contributed by atoms with Crippen LogP contribution < -0.4 is 0 Å². The lowest BCUT2D eigenvalue weighted by molar-refractivity contribution is -0.157. The number of carbonyl (C=O) groups excluding carboxylic acids is 3. The van der Waals surface area contributed by atoms with Crippen molar-refractivity contribution in [2.45, 2.75) is 33.6 Å². The molecule has 0 rings (SSSR count). The summed E-state index contributed by atoms with van der Waals surface area (Å²) in [6.45, 7) is 5.37. The number of hydrogen-bond acceptors (Lipinski definition) is 5. The average Bonchev–Trinajstić information content (AvgIpc) is 2.25. The summed E-state index contributed by atoms with van der Waals surface area (Å²) in [5.74, 6) is -2.53. The minimum absolute atomic E-state index is 0.190. The highest BCUT2D eigenvalue weighted by molar-refractivity contribution is 6.01. The second kappa shape index (κ2) is 7.84. The van der Waals surface area contributed by atoms with Gasteiger partial charge in [-0.1, -0.05) is 6.92 Å². The molecule has 0 bridgehead atoms. The van der Waals surface area contributed by atoms with E-state index >= 15 is 0 Å². The van der Waals surface area contributed by atoms with E-state index in [0.29, 0.717) is 0 Å². The third-order valence-corrected chi connectivity index (χ3v) is 1.98. The van der Waals surface area contributed by atoms with Crippen molar-refractivity contribution < 1.29 is 23.9 Å². The van der Waals surface area contributed by atoms with Crippen LogP contribution in [0.4, 0.5) is 0 Å². The fraction of sp³-hybridized carbons (Fsp3) is 0.727. The summed E-state index contributed by atoms with van der Waals surface area (Å²) in [5.41, 5.74) is 0. The Bertz CT molecular complexity index is 259. The number of esters is 2. The fourth-order valence-electron chi connectivity index (χ4n) is 1.20. The van der Waals surface area contributed by atoms with Crippen LogP contribution in [-0.2, 0) is 23.9 Å². The zero-order valence-corrected chi connectivity index (χ0v) is 9.95. The second-order valence-corrected chi connectivity index (χ2v) is 3.13. The normalized spacial score (nSPS) is 11.7. The van der Waals surface area contributed by atoms with E-state index in [1.54, 1.807) is 20.8 Å². The Morgan fingerprint density at radius 2 is 1.56 bits per heavy atom. The second-order valence-electron chi connectivity index (χ2n) is 3.13. The molecular weight excluding hydrogens is 212 g/mol. The van der Waals surface area contributed by atoms with Gasteiger partial charge in [0.1, 0.15) is 11.7 Å². The third-order valence-electron chi connectivity index (χ3n) is 1.98. The number of Topliss-reactive ketones (excluding diaryl/α,β-unsaturated/α-hetero) is 1. The molecule has 0 aliphatic carbocycles. The molecule has 0 aromatic carbocycles. The fourth-order valence-corrected chi connectivity index (χ4v) is 1.20. The Labute approximate surface area is 95.1 Å². The molecule has 16 heavy (non-hydrogen) atoms. The van der Waals surface area contributed by atoms with Gasteiger partial charge in [-0.05, 0) is 13.8 Å². The van der Waals surface area contributed by atoms with E-state index in [2.05, 4.69) is 0 Å². The lowest BCUT2D eigenvalue weighted by Crippen LogP contribution is -2.28. The molecule has 0 amide bonds. The monoisotopic (exact) mass is 230 g/mol. The highest BCUT2D eigenvalue weighted by Crippen LogP contribution is 2.11. The van der Waals surface area contributed by atoms with Crippen molar-refractivity contribution in [3.8, 4) is 0 Å². The van der Waals surface area contributed by atoms with Crippen LogP contribution in [0.1, 0.15) is 33.6 Å². The predicted molar refractivity (Wildman–Crippen MR) is 56.7 cm³/mol. The topological polar surface area (TPSA) is 69.7 Å². The molecule has 5 nitrogen and oxygen atoms in total. The van der Waals surface area contributed by atoms with Crippen molar-refractivity contribution in [2.24, 2.45) is 5.92 Å². The molecular formula is C11H18O5. The number of carbonyl (C=O) groups is 3. The number of ketones is 1. The SMILES string of the molecule is CCOC(=O)CC(C(=O)CC)C(=O)OCC. The largest absolute Gasteiger partial charge is 0.466 e. The van der Waals surface area contributed by atoms with Gasteiger partial charge in [-0.25, -0.2) is 0 Å². The lowest BCUT2D eigenvalue weighted by Gasteiger charge is -2.12. The van der Waals surface area contributed by atoms with Crippen LogP contribution in [0, 0.1) is 5.92 Å². The summed E-state index contributed by atoms with van der Waals surface area (Å²) < 4.78 is 9.43. The minimum atomic E-state index is -1.02. The van der Waals surface area contributed by atoms with Gasteiger partial charge in [0.2, 0.25) is 0 Å². The highest BCUT2D eigenvalue weighted by Gasteiger charge is 2.29. The maximum Gasteiger partial charge on any atom is 0.317 e. The van der Waals surface area contributed by atoms with Crippen LogP contribution in [0.3, 0.4) is 0 Å². The quantitative estimate of drug-likeness (QED) is 0.484. The van der Waals surface area contributed by atoms with E-state index < -0.39 is 17.9 Å². The van der Waals surface area contributed by atoms with Gasteiger partial charge in [0.25, 0.3) is 0 Å². The maximum atomic E-state index is 11.5. The molecule has 1 unspecified atom stereocenters. The Hall–Kier alpha value is -1.39. The third kappa shape index (κ3) is 4.91. The van der Waals surface area contributed by atoms with Crippen LogP contribution in [0.5, 0.6) is 0 Å². The molecule has 0 saturated heterocycles. The average molecular weight is 230 g/mol. The van der Waals surface area contributed by atoms with Crippen molar-refractivity contribution in [3.63, 3.8) is 0 Å². The first-order chi connectivity index (χ1) is 7.56. The van der Waals surface area contributed by atoms with Crippen LogP contribution in [0.2, 0.25) is 0 Å². The van der Waals surface area contributed by atoms with E-state index in [4.69, 9.17) is 9.47 Å². The lowest BCUT2D eigenvalue weighted by atomic mass is 9.98. The number of ether oxygens (including phenoxy) is 2. The van der Waals surface area contributed by atoms with Gasteiger partial charge in [0.05, 0.1) is 19.6 Å². The van der Waals surface area contributed by atoms with E-state index in [9.17, 15) is 14.4 Å². The van der Waals surface area contributed by atoms with Crippen molar-refractivity contribution in [1.29, 1.82) is 0 Å². The van der Waals surface area contributed by atoms with Gasteiger partial charge < -0.3 is 9.47 Å². The summed E-state index contributed by atoms with van der Waals surface area (Å²) in [5, 5.41) is 0. The molecule has 0 aromatic rings. The van der Waals surface area contributed by atoms with E-state index in [1.807, 2.05) is 0 Å². The Balaban J connectivity index is 4.49. The van der Waals surface area contributed by atoms with Gasteiger partial charge in [-0.15, -0.1) is 0 Å². The zero-order chi connectivity index (χ0) is 12.6. The van der Waals surface area contributed by atoms with Gasteiger partial charge in [0, 0.05) is 6.42 Å². The van der Waals surface area contributed by atoms with Crippen LogP contribution in [-0.4, -0.2) is 30.9 Å². The summed E-state index contributed by atoms with van der Waals surface area (Å²) in [4.78, 5) is 34.1. The molecule has 0 aliphatic rings. The molecule has 5 heteroatoms. The highest BCUT2D eigenvalue weighted by atomic mass is 16.5. The Morgan fingerprint density at radius 3 is 2.00 bits per heavy atom. The van der Waals surface area contributed by atoms with Gasteiger partial charge in [-0.2, -0.15) is 0 Å². The molecule has 0 aliphatic heterocycles. The molecule has 0 heterocycles. The smallest absolute Gasteiger partial charge is 0.317 e. The number of hydrogen-bond donors (Lipinski definition) is 0. The summed E-state index contributed by atoms with van der Waals surface area (Å²) >= 11 is 0. The van der Waals surface area contributed by atoms with E-state index in [0.717, 1.165) is 0 Å². The Kier molecular flexibility index (Phi) is 7.16. The first kappa shape index (κ1) is 14.6. The zero-order valence-electron chi connectivity index (χ0n) is 9.95. The van der Waals surface area contributed by atoms with Crippen molar-refractivity contribution in [2.75, 3.05) is 13.2 Å². The molecule has 92 valence electrons. The molecule has 0 fully saturated rings. The van der Waals surface area contributed by atoms with Gasteiger partial charge >= 0.3 is 11.9 Å². The van der Waals surface area contributed by atoms with Crippen LogP contribution >= 0.6 is 0 Å². The van der Waals surface area contributed by atoms with Gasteiger partial charge in [-0.3, -0.25) is 14.4 Å². The van der Waals surface area contributed by atoms with Crippen molar-refractivity contribution in [3.05, 3.63) is 0 Å². The summed E-state index contributed by atoms with van der Waals surface area (Å²) in [7, 11) is 0. The summed E-state index contributed by atoms with van der Waals surface area (Å²) in [6, 6.07) is 0. The van der Waals surface area contributed by atoms with E-state index in [-0.39, 0.29) is 31.8 Å². The number of rotatable bonds is 7. The van der Waals surface area contributed by atoms with Gasteiger partial charge in [0.15, 0.2) is 0 Å². The first-order valence-corrected chi connectivity index (χ1v) is 5.41. The molecule has 0 aromatic heterocycles. The maximum absolute atomic E-state index is 11.5. The van der Waals surface area contributed by atoms with Crippen LogP contribution in [0.15, 0.2) is 0 Å². The Morgan fingerprint density at radius 1 is 1.00 bits per heavy atom. The van der Waals surface area contributed by atoms with Crippen molar-refractivity contribution >= 4 is 17.7 Å². The molecule has 0 saturated carbocycles.